The van der Waals surface area contributed by atoms with Crippen LogP contribution in [0, 0.1) is 0 Å². The summed E-state index contributed by atoms with van der Waals surface area (Å²) in [5.74, 6) is 1.01. The fourth-order valence-electron chi connectivity index (χ4n) is 3.83. The van der Waals surface area contributed by atoms with E-state index in [1.165, 1.54) is 37.7 Å². The van der Waals surface area contributed by atoms with Gasteiger partial charge in [0.15, 0.2) is 0 Å². The van der Waals surface area contributed by atoms with Crippen LogP contribution in [-0.4, -0.2) is 35.1 Å². The van der Waals surface area contributed by atoms with Crippen molar-refractivity contribution in [1.82, 2.24) is 10.0 Å². The molecule has 33 heavy (non-hydrogen) atoms. The summed E-state index contributed by atoms with van der Waals surface area (Å²) in [6.45, 7) is 0.547. The SMILES string of the molecule is COc1ccc(C(CC(=O)NCCC2=CCCCC2)NS(=O)(=O)c2ccc(OC)cc2)cc1. The predicted molar refractivity (Wildman–Crippen MR) is 128 cm³/mol. The molecule has 1 atom stereocenters. The number of ether oxygens (including phenoxy) is 2. The highest BCUT2D eigenvalue weighted by molar-refractivity contribution is 7.89. The normalized spacial score (nSPS) is 14.8. The average Bonchev–Trinajstić information content (AvgIpc) is 2.84. The first kappa shape index (κ1) is 24.8. The number of sulfonamides is 1. The highest BCUT2D eigenvalue weighted by Crippen LogP contribution is 2.24. The molecule has 0 spiro atoms. The van der Waals surface area contributed by atoms with E-state index in [0.29, 0.717) is 23.6 Å². The molecular weight excluding hydrogens is 440 g/mol. The zero-order chi connectivity index (χ0) is 23.7. The number of rotatable bonds is 11. The van der Waals surface area contributed by atoms with E-state index in [4.69, 9.17) is 9.47 Å². The highest BCUT2D eigenvalue weighted by atomic mass is 32.2. The number of amides is 1. The summed E-state index contributed by atoms with van der Waals surface area (Å²) in [6, 6.07) is 12.4. The second-order valence-electron chi connectivity index (χ2n) is 8.03. The van der Waals surface area contributed by atoms with Crippen LogP contribution in [0.5, 0.6) is 11.5 Å². The molecule has 0 fully saturated rings. The van der Waals surface area contributed by atoms with Crippen LogP contribution in [-0.2, 0) is 14.8 Å². The molecule has 0 radical (unpaired) electrons. The van der Waals surface area contributed by atoms with E-state index in [1.807, 2.05) is 0 Å². The van der Waals surface area contributed by atoms with Gasteiger partial charge in [-0.1, -0.05) is 23.8 Å². The molecule has 1 unspecified atom stereocenters. The van der Waals surface area contributed by atoms with Gasteiger partial charge in [-0.2, -0.15) is 0 Å². The fraction of sp³-hybridized carbons (Fsp3) is 0.400. The van der Waals surface area contributed by atoms with E-state index in [1.54, 1.807) is 43.5 Å². The number of benzene rings is 2. The molecule has 1 aliphatic carbocycles. The van der Waals surface area contributed by atoms with E-state index in [-0.39, 0.29) is 17.2 Å². The van der Waals surface area contributed by atoms with Crippen molar-refractivity contribution >= 4 is 15.9 Å². The lowest BCUT2D eigenvalue weighted by atomic mass is 9.97. The van der Waals surface area contributed by atoms with Crippen LogP contribution in [0.15, 0.2) is 65.1 Å². The van der Waals surface area contributed by atoms with E-state index in [9.17, 15) is 13.2 Å². The van der Waals surface area contributed by atoms with Gasteiger partial charge in [0.2, 0.25) is 15.9 Å². The lowest BCUT2D eigenvalue weighted by molar-refractivity contribution is -0.121. The summed E-state index contributed by atoms with van der Waals surface area (Å²) in [6.07, 6.45) is 7.71. The molecule has 0 heterocycles. The smallest absolute Gasteiger partial charge is 0.241 e. The zero-order valence-corrected chi connectivity index (χ0v) is 20.0. The first-order valence-corrected chi connectivity index (χ1v) is 12.6. The van der Waals surface area contributed by atoms with Crippen LogP contribution >= 0.6 is 0 Å². The molecule has 8 heteroatoms. The molecule has 7 nitrogen and oxygen atoms in total. The summed E-state index contributed by atoms with van der Waals surface area (Å²) in [4.78, 5) is 12.8. The van der Waals surface area contributed by atoms with Gasteiger partial charge in [0.1, 0.15) is 11.5 Å². The minimum absolute atomic E-state index is 0.0131. The number of hydrogen-bond donors (Lipinski definition) is 2. The van der Waals surface area contributed by atoms with Crippen LogP contribution < -0.4 is 19.5 Å². The minimum atomic E-state index is -3.86. The van der Waals surface area contributed by atoms with Gasteiger partial charge < -0.3 is 14.8 Å². The maximum absolute atomic E-state index is 13.0. The Morgan fingerprint density at radius 2 is 1.61 bits per heavy atom. The summed E-state index contributed by atoms with van der Waals surface area (Å²) >= 11 is 0. The van der Waals surface area contributed by atoms with Crippen molar-refractivity contribution in [3.8, 4) is 11.5 Å². The van der Waals surface area contributed by atoms with Crippen molar-refractivity contribution in [2.75, 3.05) is 20.8 Å². The van der Waals surface area contributed by atoms with Gasteiger partial charge in [-0.15, -0.1) is 0 Å². The number of carbonyl (C=O) groups excluding carboxylic acids is 1. The maximum Gasteiger partial charge on any atom is 0.241 e. The molecule has 1 aliphatic rings. The van der Waals surface area contributed by atoms with Gasteiger partial charge in [-0.05, 0) is 74.1 Å². The third kappa shape index (κ3) is 7.33. The molecule has 0 saturated heterocycles. The van der Waals surface area contributed by atoms with Gasteiger partial charge in [-0.3, -0.25) is 4.79 Å². The van der Waals surface area contributed by atoms with Crippen molar-refractivity contribution in [1.29, 1.82) is 0 Å². The summed E-state index contributed by atoms with van der Waals surface area (Å²) in [7, 11) is -0.775. The zero-order valence-electron chi connectivity index (χ0n) is 19.2. The van der Waals surface area contributed by atoms with Crippen molar-refractivity contribution in [3.05, 3.63) is 65.7 Å². The summed E-state index contributed by atoms with van der Waals surface area (Å²) in [5, 5.41) is 2.94. The first-order valence-electron chi connectivity index (χ1n) is 11.2. The third-order valence-corrected chi connectivity index (χ3v) is 7.22. The van der Waals surface area contributed by atoms with Gasteiger partial charge in [0.05, 0.1) is 25.2 Å². The molecular formula is C25H32N2O5S. The van der Waals surface area contributed by atoms with Crippen LogP contribution in [0.3, 0.4) is 0 Å². The van der Waals surface area contributed by atoms with E-state index >= 15 is 0 Å². The van der Waals surface area contributed by atoms with Crippen LogP contribution in [0.2, 0.25) is 0 Å². The fourth-order valence-corrected chi connectivity index (χ4v) is 5.05. The molecule has 2 aromatic carbocycles. The minimum Gasteiger partial charge on any atom is -0.497 e. The summed E-state index contributed by atoms with van der Waals surface area (Å²) < 4.78 is 39.0. The molecule has 0 aliphatic heterocycles. The lowest BCUT2D eigenvalue weighted by Gasteiger charge is -2.20. The third-order valence-electron chi connectivity index (χ3n) is 5.73. The van der Waals surface area contributed by atoms with Gasteiger partial charge in [0.25, 0.3) is 0 Å². The first-order chi connectivity index (χ1) is 15.9. The number of nitrogens with one attached hydrogen (secondary N) is 2. The second-order valence-corrected chi connectivity index (χ2v) is 9.75. The molecule has 1 amide bonds. The van der Waals surface area contributed by atoms with Gasteiger partial charge >= 0.3 is 0 Å². The molecule has 178 valence electrons. The summed E-state index contributed by atoms with van der Waals surface area (Å²) in [5.41, 5.74) is 2.06. The maximum atomic E-state index is 13.0. The average molecular weight is 473 g/mol. The van der Waals surface area contributed by atoms with E-state index in [2.05, 4.69) is 16.1 Å². The Labute approximate surface area is 196 Å². The highest BCUT2D eigenvalue weighted by Gasteiger charge is 2.24. The molecule has 2 N–H and O–H groups in total. The molecule has 0 bridgehead atoms. The monoisotopic (exact) mass is 472 g/mol. The Balaban J connectivity index is 1.71. The number of allylic oxidation sites excluding steroid dienone is 1. The van der Waals surface area contributed by atoms with Crippen LogP contribution in [0.25, 0.3) is 0 Å². The standard InChI is InChI=1S/C25H32N2O5S/c1-31-21-10-8-20(9-11-21)24(18-25(28)26-17-16-19-6-4-3-5-7-19)27-33(29,30)23-14-12-22(32-2)13-15-23/h6,8-15,24,27H,3-5,7,16-18H2,1-2H3,(H,26,28). The Bertz CT molecular complexity index is 1050. The van der Waals surface area contributed by atoms with Crippen LogP contribution in [0.1, 0.15) is 50.1 Å². The van der Waals surface area contributed by atoms with Crippen molar-refractivity contribution in [3.63, 3.8) is 0 Å². The lowest BCUT2D eigenvalue weighted by Crippen LogP contribution is -2.34. The number of methoxy groups -OCH3 is 2. The Kier molecular flexibility index (Phi) is 8.91. The van der Waals surface area contributed by atoms with E-state index < -0.39 is 16.1 Å². The van der Waals surface area contributed by atoms with Crippen molar-refractivity contribution in [2.45, 2.75) is 49.5 Å². The van der Waals surface area contributed by atoms with E-state index in [0.717, 1.165) is 19.3 Å². The Morgan fingerprint density at radius 3 is 2.18 bits per heavy atom. The topological polar surface area (TPSA) is 93.7 Å². The number of carbonyl (C=O) groups is 1. The second kappa shape index (κ2) is 11.9. The Morgan fingerprint density at radius 1 is 0.970 bits per heavy atom. The van der Waals surface area contributed by atoms with Gasteiger partial charge in [-0.25, -0.2) is 13.1 Å². The van der Waals surface area contributed by atoms with Crippen LogP contribution in [0.4, 0.5) is 0 Å². The molecule has 0 saturated carbocycles. The Hall–Kier alpha value is -2.84. The quantitative estimate of drug-likeness (QED) is 0.480. The number of hydrogen-bond acceptors (Lipinski definition) is 5. The largest absolute Gasteiger partial charge is 0.497 e. The van der Waals surface area contributed by atoms with Crippen molar-refractivity contribution < 1.29 is 22.7 Å². The van der Waals surface area contributed by atoms with Gasteiger partial charge in [0, 0.05) is 13.0 Å². The molecule has 0 aromatic heterocycles. The molecule has 2 aromatic rings. The predicted octanol–water partition coefficient (Wildman–Crippen LogP) is 4.12. The molecule has 3 rings (SSSR count). The van der Waals surface area contributed by atoms with Crippen molar-refractivity contribution in [2.24, 2.45) is 0 Å².